The maximum Gasteiger partial charge on any atom is 0.254 e. The number of aryl methyl sites for hydroxylation is 2. The summed E-state index contributed by atoms with van der Waals surface area (Å²) in [7, 11) is 1.56. The number of nitrogens with zero attached hydrogens (tertiary/aromatic N) is 1. The first-order chi connectivity index (χ1) is 8.52. The quantitative estimate of drug-likeness (QED) is 0.855. The lowest BCUT2D eigenvalue weighted by Gasteiger charge is -2.17. The van der Waals surface area contributed by atoms with Gasteiger partial charge in [0.05, 0.1) is 6.10 Å². The van der Waals surface area contributed by atoms with Crippen LogP contribution in [0.4, 0.5) is 0 Å². The van der Waals surface area contributed by atoms with E-state index in [0.717, 1.165) is 11.1 Å². The molecule has 0 radical (unpaired) electrons. The molecule has 1 aromatic rings. The fourth-order valence-corrected chi connectivity index (χ4v) is 2.29. The second-order valence-corrected chi connectivity index (χ2v) is 4.87. The zero-order chi connectivity index (χ0) is 13.3. The van der Waals surface area contributed by atoms with Crippen LogP contribution in [0.2, 0.25) is 0 Å². The largest absolute Gasteiger partial charge is 0.388 e. The molecule has 1 aromatic carbocycles. The van der Waals surface area contributed by atoms with Crippen molar-refractivity contribution in [2.24, 2.45) is 0 Å². The van der Waals surface area contributed by atoms with E-state index in [1.54, 1.807) is 12.0 Å². The molecule has 1 N–H and O–H groups in total. The van der Waals surface area contributed by atoms with E-state index in [1.165, 1.54) is 0 Å². The maximum atomic E-state index is 12.4. The van der Waals surface area contributed by atoms with E-state index in [4.69, 9.17) is 4.74 Å². The van der Waals surface area contributed by atoms with Crippen molar-refractivity contribution in [1.82, 2.24) is 4.90 Å². The summed E-state index contributed by atoms with van der Waals surface area (Å²) in [6.07, 6.45) is -0.872. The highest BCUT2D eigenvalue weighted by atomic mass is 16.5. The minimum Gasteiger partial charge on any atom is -0.388 e. The molecule has 0 unspecified atom stereocenters. The number of aliphatic hydroxyl groups excluding tert-OH is 1. The van der Waals surface area contributed by atoms with Gasteiger partial charge in [-0.2, -0.15) is 0 Å². The third-order valence-corrected chi connectivity index (χ3v) is 3.45. The second-order valence-electron chi connectivity index (χ2n) is 4.87. The summed E-state index contributed by atoms with van der Waals surface area (Å²) >= 11 is 0. The molecule has 0 spiro atoms. The van der Waals surface area contributed by atoms with Gasteiger partial charge >= 0.3 is 0 Å². The number of carbonyl (C=O) groups is 1. The zero-order valence-corrected chi connectivity index (χ0v) is 11.0. The van der Waals surface area contributed by atoms with Crippen molar-refractivity contribution in [3.05, 3.63) is 34.9 Å². The van der Waals surface area contributed by atoms with Gasteiger partial charge in [0.25, 0.3) is 5.91 Å². The molecular formula is C14H19NO3. The van der Waals surface area contributed by atoms with E-state index in [0.29, 0.717) is 18.7 Å². The topological polar surface area (TPSA) is 49.8 Å². The third-order valence-electron chi connectivity index (χ3n) is 3.45. The number of rotatable bonds is 2. The van der Waals surface area contributed by atoms with Crippen molar-refractivity contribution in [2.75, 3.05) is 20.2 Å². The van der Waals surface area contributed by atoms with Gasteiger partial charge in [0.2, 0.25) is 0 Å². The van der Waals surface area contributed by atoms with Crippen LogP contribution in [0.15, 0.2) is 18.2 Å². The highest BCUT2D eigenvalue weighted by molar-refractivity contribution is 5.96. The van der Waals surface area contributed by atoms with Crippen molar-refractivity contribution >= 4 is 5.91 Å². The minimum atomic E-state index is -0.593. The molecule has 1 heterocycles. The van der Waals surface area contributed by atoms with Gasteiger partial charge in [-0.1, -0.05) is 17.7 Å². The minimum absolute atomic E-state index is 0.0326. The molecule has 1 aliphatic heterocycles. The lowest BCUT2D eigenvalue weighted by Crippen LogP contribution is -2.30. The van der Waals surface area contributed by atoms with E-state index in [1.807, 2.05) is 32.0 Å². The summed E-state index contributed by atoms with van der Waals surface area (Å²) in [5.41, 5.74) is 2.73. The first-order valence-corrected chi connectivity index (χ1v) is 6.10. The van der Waals surface area contributed by atoms with Crippen LogP contribution < -0.4 is 0 Å². The average molecular weight is 249 g/mol. The molecule has 1 aliphatic rings. The highest BCUT2D eigenvalue weighted by Crippen LogP contribution is 2.19. The predicted molar refractivity (Wildman–Crippen MR) is 68.6 cm³/mol. The van der Waals surface area contributed by atoms with Gasteiger partial charge in [0.1, 0.15) is 6.10 Å². The third kappa shape index (κ3) is 2.40. The normalized spacial score (nSPS) is 23.4. The molecule has 98 valence electrons. The number of likely N-dealkylation sites (tertiary alicyclic amines) is 1. The Balaban J connectivity index is 2.20. The number of carbonyl (C=O) groups excluding carboxylic acids is 1. The van der Waals surface area contributed by atoms with E-state index >= 15 is 0 Å². The number of β-amino-alcohol motifs (C(OH)–C–C–N with tert-alkyl or cyclic N) is 1. The second kappa shape index (κ2) is 5.08. The highest BCUT2D eigenvalue weighted by Gasteiger charge is 2.34. The van der Waals surface area contributed by atoms with Gasteiger partial charge in [-0.15, -0.1) is 0 Å². The summed E-state index contributed by atoms with van der Waals surface area (Å²) in [6, 6.07) is 5.83. The van der Waals surface area contributed by atoms with E-state index in [2.05, 4.69) is 0 Å². The molecular weight excluding hydrogens is 230 g/mol. The lowest BCUT2D eigenvalue weighted by atomic mass is 10.0. The Kier molecular flexibility index (Phi) is 3.68. The average Bonchev–Trinajstić information content (AvgIpc) is 2.73. The summed E-state index contributed by atoms with van der Waals surface area (Å²) < 4.78 is 5.15. The lowest BCUT2D eigenvalue weighted by molar-refractivity contribution is 0.0215. The van der Waals surface area contributed by atoms with Crippen molar-refractivity contribution in [3.8, 4) is 0 Å². The maximum absolute atomic E-state index is 12.4. The molecule has 0 saturated carbocycles. The predicted octanol–water partition coefficient (Wildman–Crippen LogP) is 1.14. The standard InChI is InChI=1S/C14H19NO3/c1-9-4-5-10(2)11(6-9)14(17)15-7-12(16)13(8-15)18-3/h4-6,12-13,16H,7-8H2,1-3H3/t12-,13-/m1/s1. The Morgan fingerprint density at radius 2 is 2.11 bits per heavy atom. The summed E-state index contributed by atoms with van der Waals surface area (Å²) in [5.74, 6) is -0.0326. The fraction of sp³-hybridized carbons (Fsp3) is 0.500. The van der Waals surface area contributed by atoms with Crippen LogP contribution >= 0.6 is 0 Å². The molecule has 18 heavy (non-hydrogen) atoms. The molecule has 1 fully saturated rings. The van der Waals surface area contributed by atoms with Gasteiger partial charge in [0.15, 0.2) is 0 Å². The Morgan fingerprint density at radius 3 is 2.72 bits per heavy atom. The van der Waals surface area contributed by atoms with Crippen molar-refractivity contribution < 1.29 is 14.6 Å². The first-order valence-electron chi connectivity index (χ1n) is 6.10. The monoisotopic (exact) mass is 249 g/mol. The van der Waals surface area contributed by atoms with Crippen molar-refractivity contribution in [1.29, 1.82) is 0 Å². The van der Waals surface area contributed by atoms with Crippen LogP contribution in [0.1, 0.15) is 21.5 Å². The van der Waals surface area contributed by atoms with Gasteiger partial charge < -0.3 is 14.7 Å². The summed E-state index contributed by atoms with van der Waals surface area (Å²) in [4.78, 5) is 14.0. The van der Waals surface area contributed by atoms with E-state index in [9.17, 15) is 9.90 Å². The molecule has 1 saturated heterocycles. The Morgan fingerprint density at radius 1 is 1.39 bits per heavy atom. The molecule has 0 aliphatic carbocycles. The Hall–Kier alpha value is -1.39. The molecule has 4 heteroatoms. The molecule has 1 amide bonds. The van der Waals surface area contributed by atoms with Crippen molar-refractivity contribution in [3.63, 3.8) is 0 Å². The van der Waals surface area contributed by atoms with Crippen molar-refractivity contribution in [2.45, 2.75) is 26.1 Å². The zero-order valence-electron chi connectivity index (χ0n) is 11.0. The number of aliphatic hydroxyl groups is 1. The summed E-state index contributed by atoms with van der Waals surface area (Å²) in [6.45, 7) is 4.68. The Bertz CT molecular complexity index is 458. The molecule has 0 bridgehead atoms. The van der Waals surface area contributed by atoms with E-state index < -0.39 is 6.10 Å². The van der Waals surface area contributed by atoms with Crippen LogP contribution in [-0.4, -0.2) is 48.3 Å². The van der Waals surface area contributed by atoms with Gasteiger partial charge in [-0.25, -0.2) is 0 Å². The number of benzene rings is 1. The smallest absolute Gasteiger partial charge is 0.254 e. The van der Waals surface area contributed by atoms with Crippen LogP contribution in [0, 0.1) is 13.8 Å². The molecule has 2 atom stereocenters. The van der Waals surface area contributed by atoms with Gasteiger partial charge in [-0.05, 0) is 25.5 Å². The van der Waals surface area contributed by atoms with E-state index in [-0.39, 0.29) is 12.0 Å². The number of hydrogen-bond acceptors (Lipinski definition) is 3. The fourth-order valence-electron chi connectivity index (χ4n) is 2.29. The SMILES string of the molecule is CO[C@@H]1CN(C(=O)c2cc(C)ccc2C)C[C@H]1O. The van der Waals surface area contributed by atoms with Gasteiger partial charge in [0, 0.05) is 25.8 Å². The molecule has 0 aromatic heterocycles. The van der Waals surface area contributed by atoms with Crippen LogP contribution in [0.5, 0.6) is 0 Å². The van der Waals surface area contributed by atoms with Crippen LogP contribution in [0.25, 0.3) is 0 Å². The number of amides is 1. The van der Waals surface area contributed by atoms with Crippen LogP contribution in [-0.2, 0) is 4.74 Å². The van der Waals surface area contributed by atoms with Crippen LogP contribution in [0.3, 0.4) is 0 Å². The summed E-state index contributed by atoms with van der Waals surface area (Å²) in [5, 5.41) is 9.76. The first kappa shape index (κ1) is 13.1. The van der Waals surface area contributed by atoms with Gasteiger partial charge in [-0.3, -0.25) is 4.79 Å². The molecule has 4 nitrogen and oxygen atoms in total. The number of hydrogen-bond donors (Lipinski definition) is 1. The Labute approximate surface area is 107 Å². The number of methoxy groups -OCH3 is 1. The number of ether oxygens (including phenoxy) is 1. The molecule has 2 rings (SSSR count).